The molecule has 0 radical (unpaired) electrons. The first kappa shape index (κ1) is 11.7. The lowest BCUT2D eigenvalue weighted by atomic mass is 9.92. The topological polar surface area (TPSA) is 45.4 Å². The van der Waals surface area contributed by atoms with Gasteiger partial charge in [0, 0.05) is 17.8 Å². The molecule has 0 spiro atoms. The number of hydrogen-bond acceptors (Lipinski definition) is 3. The van der Waals surface area contributed by atoms with E-state index in [1.165, 1.54) is 12.1 Å². The molecule has 18 heavy (non-hydrogen) atoms. The van der Waals surface area contributed by atoms with Crippen LogP contribution in [0.25, 0.3) is 11.0 Å². The molecule has 0 saturated carbocycles. The van der Waals surface area contributed by atoms with Crippen LogP contribution in [0.4, 0.5) is 4.39 Å². The van der Waals surface area contributed by atoms with Crippen molar-refractivity contribution < 1.29 is 13.9 Å². The number of aliphatic hydroxyl groups is 1. The Morgan fingerprint density at radius 2 is 2.28 bits per heavy atom. The molecular weight excluding hydrogens is 233 g/mol. The SMILES string of the molecule is OC(c1cc2cc(F)ccc2o1)C1CCCNC1. The molecule has 2 heterocycles. The van der Waals surface area contributed by atoms with E-state index in [4.69, 9.17) is 4.42 Å². The monoisotopic (exact) mass is 249 g/mol. The molecule has 0 bridgehead atoms. The van der Waals surface area contributed by atoms with E-state index in [1.54, 1.807) is 12.1 Å². The zero-order valence-electron chi connectivity index (χ0n) is 10.0. The number of benzene rings is 1. The highest BCUT2D eigenvalue weighted by atomic mass is 19.1. The molecule has 1 fully saturated rings. The smallest absolute Gasteiger partial charge is 0.134 e. The maximum absolute atomic E-state index is 13.1. The van der Waals surface area contributed by atoms with Gasteiger partial charge in [-0.05, 0) is 43.7 Å². The number of furan rings is 1. The zero-order valence-corrected chi connectivity index (χ0v) is 10.0. The Morgan fingerprint density at radius 1 is 1.39 bits per heavy atom. The van der Waals surface area contributed by atoms with Gasteiger partial charge in [-0.3, -0.25) is 0 Å². The van der Waals surface area contributed by atoms with Crippen LogP contribution < -0.4 is 5.32 Å². The summed E-state index contributed by atoms with van der Waals surface area (Å²) in [6, 6.07) is 6.12. The molecule has 3 rings (SSSR count). The van der Waals surface area contributed by atoms with E-state index in [0.717, 1.165) is 25.9 Å². The Kier molecular flexibility index (Phi) is 3.06. The molecule has 4 heteroatoms. The number of hydrogen-bond donors (Lipinski definition) is 2. The standard InChI is InChI=1S/C14H16FNO2/c15-11-3-4-12-10(6-11)7-13(18-12)14(17)9-2-1-5-16-8-9/h3-4,6-7,9,14,16-17H,1-2,5,8H2. The quantitative estimate of drug-likeness (QED) is 0.860. The average molecular weight is 249 g/mol. The molecule has 96 valence electrons. The van der Waals surface area contributed by atoms with Crippen molar-refractivity contribution in [3.8, 4) is 0 Å². The molecule has 2 N–H and O–H groups in total. The lowest BCUT2D eigenvalue weighted by molar-refractivity contribution is 0.0735. The number of piperidine rings is 1. The molecule has 1 aliphatic rings. The van der Waals surface area contributed by atoms with E-state index >= 15 is 0 Å². The Balaban J connectivity index is 1.88. The molecular formula is C14H16FNO2. The number of nitrogens with one attached hydrogen (secondary N) is 1. The van der Waals surface area contributed by atoms with Gasteiger partial charge < -0.3 is 14.8 Å². The average Bonchev–Trinajstić information content (AvgIpc) is 2.81. The lowest BCUT2D eigenvalue weighted by Crippen LogP contribution is -2.33. The van der Waals surface area contributed by atoms with Gasteiger partial charge in [0.2, 0.25) is 0 Å². The van der Waals surface area contributed by atoms with Crippen LogP contribution in [0.3, 0.4) is 0 Å². The number of halogens is 1. The van der Waals surface area contributed by atoms with Crippen molar-refractivity contribution in [2.45, 2.75) is 18.9 Å². The minimum atomic E-state index is -0.617. The van der Waals surface area contributed by atoms with Crippen molar-refractivity contribution in [1.29, 1.82) is 0 Å². The molecule has 0 aliphatic carbocycles. The van der Waals surface area contributed by atoms with Crippen molar-refractivity contribution >= 4 is 11.0 Å². The van der Waals surface area contributed by atoms with Crippen LogP contribution in [0, 0.1) is 11.7 Å². The van der Waals surface area contributed by atoms with E-state index in [0.29, 0.717) is 16.7 Å². The third kappa shape index (κ3) is 2.13. The molecule has 1 aromatic carbocycles. The van der Waals surface area contributed by atoms with Gasteiger partial charge in [-0.1, -0.05) is 0 Å². The van der Waals surface area contributed by atoms with Crippen LogP contribution >= 0.6 is 0 Å². The molecule has 2 aromatic rings. The van der Waals surface area contributed by atoms with Gasteiger partial charge in [0.1, 0.15) is 23.3 Å². The second-order valence-electron chi connectivity index (χ2n) is 4.88. The van der Waals surface area contributed by atoms with Crippen molar-refractivity contribution in [3.05, 3.63) is 35.8 Å². The van der Waals surface area contributed by atoms with Crippen LogP contribution in [-0.2, 0) is 0 Å². The summed E-state index contributed by atoms with van der Waals surface area (Å²) in [5.74, 6) is 0.414. The maximum Gasteiger partial charge on any atom is 0.134 e. The lowest BCUT2D eigenvalue weighted by Gasteiger charge is -2.25. The second kappa shape index (κ2) is 4.71. The Hall–Kier alpha value is -1.39. The van der Waals surface area contributed by atoms with E-state index < -0.39 is 6.10 Å². The summed E-state index contributed by atoms with van der Waals surface area (Å²) in [6.07, 6.45) is 1.43. The van der Waals surface area contributed by atoms with E-state index in [-0.39, 0.29) is 11.7 Å². The summed E-state index contributed by atoms with van der Waals surface area (Å²) in [5, 5.41) is 14.3. The van der Waals surface area contributed by atoms with Crippen LogP contribution in [0.2, 0.25) is 0 Å². The van der Waals surface area contributed by atoms with Crippen molar-refractivity contribution in [3.63, 3.8) is 0 Å². The van der Waals surface area contributed by atoms with Gasteiger partial charge in [-0.2, -0.15) is 0 Å². The predicted octanol–water partition coefficient (Wildman–Crippen LogP) is 2.60. The van der Waals surface area contributed by atoms with Crippen LogP contribution in [-0.4, -0.2) is 18.2 Å². The fourth-order valence-corrected chi connectivity index (χ4v) is 2.56. The van der Waals surface area contributed by atoms with Crippen molar-refractivity contribution in [1.82, 2.24) is 5.32 Å². The highest BCUT2D eigenvalue weighted by Gasteiger charge is 2.25. The van der Waals surface area contributed by atoms with Gasteiger partial charge in [0.25, 0.3) is 0 Å². The minimum absolute atomic E-state index is 0.171. The van der Waals surface area contributed by atoms with Gasteiger partial charge in [0.15, 0.2) is 0 Å². The van der Waals surface area contributed by atoms with Crippen LogP contribution in [0.15, 0.2) is 28.7 Å². The third-order valence-corrected chi connectivity index (χ3v) is 3.57. The Bertz CT molecular complexity index is 546. The summed E-state index contributed by atoms with van der Waals surface area (Å²) < 4.78 is 18.7. The second-order valence-corrected chi connectivity index (χ2v) is 4.88. The molecule has 1 saturated heterocycles. The van der Waals surface area contributed by atoms with Crippen molar-refractivity contribution in [2.24, 2.45) is 5.92 Å². The Labute approximate surface area is 105 Å². The molecule has 0 amide bonds. The summed E-state index contributed by atoms with van der Waals surface area (Å²) >= 11 is 0. The molecule has 3 nitrogen and oxygen atoms in total. The highest BCUT2D eigenvalue weighted by Crippen LogP contribution is 2.31. The first-order chi connectivity index (χ1) is 8.74. The minimum Gasteiger partial charge on any atom is -0.458 e. The van der Waals surface area contributed by atoms with E-state index in [9.17, 15) is 9.50 Å². The molecule has 1 aliphatic heterocycles. The fourth-order valence-electron chi connectivity index (χ4n) is 2.56. The van der Waals surface area contributed by atoms with Crippen LogP contribution in [0.5, 0.6) is 0 Å². The van der Waals surface area contributed by atoms with Gasteiger partial charge >= 0.3 is 0 Å². The fraction of sp³-hybridized carbons (Fsp3) is 0.429. The largest absolute Gasteiger partial charge is 0.458 e. The summed E-state index contributed by atoms with van der Waals surface area (Å²) in [6.45, 7) is 1.81. The first-order valence-corrected chi connectivity index (χ1v) is 6.32. The summed E-state index contributed by atoms with van der Waals surface area (Å²) in [7, 11) is 0. The molecule has 1 aromatic heterocycles. The van der Waals surface area contributed by atoms with Gasteiger partial charge in [-0.15, -0.1) is 0 Å². The van der Waals surface area contributed by atoms with Crippen molar-refractivity contribution in [2.75, 3.05) is 13.1 Å². The molecule has 2 unspecified atom stereocenters. The van der Waals surface area contributed by atoms with E-state index in [2.05, 4.69) is 5.32 Å². The highest BCUT2D eigenvalue weighted by molar-refractivity contribution is 5.77. The number of rotatable bonds is 2. The molecule has 2 atom stereocenters. The third-order valence-electron chi connectivity index (χ3n) is 3.57. The normalized spacial score (nSPS) is 22.2. The first-order valence-electron chi connectivity index (χ1n) is 6.32. The van der Waals surface area contributed by atoms with E-state index in [1.807, 2.05) is 0 Å². The van der Waals surface area contributed by atoms with Gasteiger partial charge in [-0.25, -0.2) is 4.39 Å². The Morgan fingerprint density at radius 3 is 3.06 bits per heavy atom. The number of aliphatic hydroxyl groups excluding tert-OH is 1. The summed E-state index contributed by atoms with van der Waals surface area (Å²) in [4.78, 5) is 0. The number of fused-ring (bicyclic) bond motifs is 1. The van der Waals surface area contributed by atoms with Gasteiger partial charge in [0.05, 0.1) is 0 Å². The maximum atomic E-state index is 13.1. The summed E-state index contributed by atoms with van der Waals surface area (Å²) in [5.41, 5.74) is 0.620. The zero-order chi connectivity index (χ0) is 12.5. The van der Waals surface area contributed by atoms with Crippen LogP contribution in [0.1, 0.15) is 24.7 Å². The predicted molar refractivity (Wildman–Crippen MR) is 66.7 cm³/mol.